The minimum Gasteiger partial charge on any atom is -0.317 e. The summed E-state index contributed by atoms with van der Waals surface area (Å²) in [5.41, 5.74) is -0.161. The topological polar surface area (TPSA) is 49.4 Å². The van der Waals surface area contributed by atoms with E-state index in [-0.39, 0.29) is 17.2 Å². The third kappa shape index (κ3) is 4.41. The van der Waals surface area contributed by atoms with Crippen LogP contribution in [0.4, 0.5) is 0 Å². The van der Waals surface area contributed by atoms with E-state index in [2.05, 4.69) is 12.2 Å². The van der Waals surface area contributed by atoms with Gasteiger partial charge in [-0.1, -0.05) is 20.3 Å². The van der Waals surface area contributed by atoms with Crippen molar-refractivity contribution in [3.8, 4) is 0 Å². The Kier molecular flexibility index (Phi) is 5.32. The molecule has 1 aliphatic rings. The Morgan fingerprint density at radius 3 is 2.28 bits per heavy atom. The Hall–Kier alpha value is -0.900. The molecule has 1 rings (SSSR count). The molecule has 0 saturated carbocycles. The van der Waals surface area contributed by atoms with Crippen LogP contribution in [-0.2, 0) is 9.59 Å². The molecule has 1 heterocycles. The first-order chi connectivity index (χ1) is 8.35. The number of carbonyl (C=O) groups excluding carboxylic acids is 2. The number of nitrogens with one attached hydrogen (secondary N) is 1. The van der Waals surface area contributed by atoms with Gasteiger partial charge in [-0.05, 0) is 32.2 Å². The molecule has 0 radical (unpaired) electrons. The molecule has 1 unspecified atom stereocenters. The average Bonchev–Trinajstić information content (AvgIpc) is 2.25. The van der Waals surface area contributed by atoms with E-state index < -0.39 is 0 Å². The van der Waals surface area contributed by atoms with Crippen molar-refractivity contribution in [3.05, 3.63) is 0 Å². The highest BCUT2D eigenvalue weighted by atomic mass is 16.2. The molecule has 2 amide bonds. The van der Waals surface area contributed by atoms with E-state index in [1.165, 1.54) is 4.90 Å². The van der Waals surface area contributed by atoms with Crippen molar-refractivity contribution in [2.45, 2.75) is 58.9 Å². The fourth-order valence-corrected chi connectivity index (χ4v) is 2.33. The Labute approximate surface area is 110 Å². The Morgan fingerprint density at radius 2 is 1.78 bits per heavy atom. The van der Waals surface area contributed by atoms with E-state index in [1.807, 2.05) is 20.9 Å². The number of hydrogen-bond donors (Lipinski definition) is 1. The van der Waals surface area contributed by atoms with Crippen molar-refractivity contribution in [3.63, 3.8) is 0 Å². The maximum atomic E-state index is 11.9. The van der Waals surface area contributed by atoms with Gasteiger partial charge in [0.25, 0.3) is 0 Å². The lowest BCUT2D eigenvalue weighted by atomic mass is 9.81. The summed E-state index contributed by atoms with van der Waals surface area (Å²) in [6.45, 7) is 6.69. The number of amides is 2. The van der Waals surface area contributed by atoms with Crippen molar-refractivity contribution in [2.75, 3.05) is 13.6 Å². The van der Waals surface area contributed by atoms with Crippen LogP contribution >= 0.6 is 0 Å². The van der Waals surface area contributed by atoms with Gasteiger partial charge in [0.2, 0.25) is 11.8 Å². The molecule has 0 spiro atoms. The molecule has 1 aliphatic heterocycles. The Morgan fingerprint density at radius 1 is 1.22 bits per heavy atom. The largest absolute Gasteiger partial charge is 0.317 e. The molecule has 0 bridgehead atoms. The molecule has 0 aromatic heterocycles. The van der Waals surface area contributed by atoms with Crippen LogP contribution in [0.15, 0.2) is 0 Å². The van der Waals surface area contributed by atoms with Crippen molar-refractivity contribution in [2.24, 2.45) is 5.41 Å². The third-order valence-electron chi connectivity index (χ3n) is 3.62. The molecule has 1 saturated heterocycles. The van der Waals surface area contributed by atoms with Gasteiger partial charge in [-0.15, -0.1) is 0 Å². The summed E-state index contributed by atoms with van der Waals surface area (Å²) in [5.74, 6) is -0.00386. The van der Waals surface area contributed by atoms with E-state index in [9.17, 15) is 9.59 Å². The molecule has 1 atom stereocenters. The summed E-state index contributed by atoms with van der Waals surface area (Å²) < 4.78 is 0. The van der Waals surface area contributed by atoms with Crippen LogP contribution in [0.25, 0.3) is 0 Å². The predicted octanol–water partition coefficient (Wildman–Crippen LogP) is 1.94. The lowest BCUT2D eigenvalue weighted by Crippen LogP contribution is -2.46. The molecule has 4 nitrogen and oxygen atoms in total. The van der Waals surface area contributed by atoms with Crippen LogP contribution in [0, 0.1) is 5.41 Å². The summed E-state index contributed by atoms with van der Waals surface area (Å²) in [6.07, 6.45) is 4.02. The average molecular weight is 254 g/mol. The van der Waals surface area contributed by atoms with Gasteiger partial charge in [-0.3, -0.25) is 14.5 Å². The minimum atomic E-state index is -0.161. The predicted molar refractivity (Wildman–Crippen MR) is 72.1 cm³/mol. The second kappa shape index (κ2) is 6.32. The van der Waals surface area contributed by atoms with Gasteiger partial charge in [-0.2, -0.15) is 0 Å². The molecule has 1 N–H and O–H groups in total. The van der Waals surface area contributed by atoms with E-state index in [4.69, 9.17) is 0 Å². The van der Waals surface area contributed by atoms with Gasteiger partial charge < -0.3 is 5.32 Å². The smallest absolute Gasteiger partial charge is 0.229 e. The maximum Gasteiger partial charge on any atom is 0.229 e. The van der Waals surface area contributed by atoms with E-state index >= 15 is 0 Å². The lowest BCUT2D eigenvalue weighted by molar-refractivity contribution is -0.152. The number of hydrogen-bond acceptors (Lipinski definition) is 3. The summed E-state index contributed by atoms with van der Waals surface area (Å²) in [5, 5.41) is 3.18. The van der Waals surface area contributed by atoms with Crippen LogP contribution < -0.4 is 5.32 Å². The Bertz CT molecular complexity index is 293. The van der Waals surface area contributed by atoms with E-state index in [1.54, 1.807) is 0 Å². The number of likely N-dealkylation sites (tertiary alicyclic amines) is 1. The third-order valence-corrected chi connectivity index (χ3v) is 3.62. The van der Waals surface area contributed by atoms with Crippen molar-refractivity contribution >= 4 is 11.8 Å². The first kappa shape index (κ1) is 15.2. The van der Waals surface area contributed by atoms with Gasteiger partial charge in [0.05, 0.1) is 0 Å². The van der Waals surface area contributed by atoms with Gasteiger partial charge >= 0.3 is 0 Å². The standard InChI is InChI=1S/C14H26N2O2/c1-11(15-4)7-5-6-8-16-12(17)9-14(2,3)10-13(16)18/h11,15H,5-10H2,1-4H3. The van der Waals surface area contributed by atoms with Crippen LogP contribution in [0.3, 0.4) is 0 Å². The zero-order valence-corrected chi connectivity index (χ0v) is 12.1. The monoisotopic (exact) mass is 254 g/mol. The van der Waals surface area contributed by atoms with Crippen molar-refractivity contribution < 1.29 is 9.59 Å². The van der Waals surface area contributed by atoms with Crippen LogP contribution in [0.1, 0.15) is 52.9 Å². The number of nitrogens with zero attached hydrogens (tertiary/aromatic N) is 1. The fourth-order valence-electron chi connectivity index (χ4n) is 2.33. The zero-order chi connectivity index (χ0) is 13.8. The summed E-state index contributed by atoms with van der Waals surface area (Å²) in [7, 11) is 1.95. The number of rotatable bonds is 6. The van der Waals surface area contributed by atoms with Gasteiger partial charge in [-0.25, -0.2) is 0 Å². The number of unbranched alkanes of at least 4 members (excludes halogenated alkanes) is 1. The highest BCUT2D eigenvalue weighted by Crippen LogP contribution is 2.31. The zero-order valence-electron chi connectivity index (χ0n) is 12.1. The normalized spacial score (nSPS) is 21.2. The molecule has 18 heavy (non-hydrogen) atoms. The van der Waals surface area contributed by atoms with Crippen molar-refractivity contribution in [1.29, 1.82) is 0 Å². The van der Waals surface area contributed by atoms with E-state index in [0.29, 0.717) is 25.4 Å². The van der Waals surface area contributed by atoms with Crippen LogP contribution in [-0.4, -0.2) is 36.3 Å². The summed E-state index contributed by atoms with van der Waals surface area (Å²) in [4.78, 5) is 25.2. The highest BCUT2D eigenvalue weighted by molar-refractivity contribution is 5.98. The second-order valence-corrected chi connectivity index (χ2v) is 6.14. The molecule has 104 valence electrons. The Balaban J connectivity index is 2.34. The second-order valence-electron chi connectivity index (χ2n) is 6.14. The van der Waals surface area contributed by atoms with Gasteiger partial charge in [0.15, 0.2) is 0 Å². The van der Waals surface area contributed by atoms with E-state index in [0.717, 1.165) is 19.3 Å². The number of imide groups is 1. The molecule has 1 fully saturated rings. The first-order valence-corrected chi connectivity index (χ1v) is 6.86. The van der Waals surface area contributed by atoms with Gasteiger partial charge in [0, 0.05) is 25.4 Å². The SMILES string of the molecule is CNC(C)CCCCN1C(=O)CC(C)(C)CC1=O. The van der Waals surface area contributed by atoms with Crippen LogP contribution in [0.5, 0.6) is 0 Å². The summed E-state index contributed by atoms with van der Waals surface area (Å²) >= 11 is 0. The maximum absolute atomic E-state index is 11.9. The molecular weight excluding hydrogens is 228 g/mol. The first-order valence-electron chi connectivity index (χ1n) is 6.86. The number of piperidine rings is 1. The molecular formula is C14H26N2O2. The minimum absolute atomic E-state index is 0.00193. The summed E-state index contributed by atoms with van der Waals surface area (Å²) in [6, 6.07) is 0.497. The van der Waals surface area contributed by atoms with Crippen LogP contribution in [0.2, 0.25) is 0 Å². The molecule has 0 aromatic rings. The molecule has 4 heteroatoms. The van der Waals surface area contributed by atoms with Crippen molar-refractivity contribution in [1.82, 2.24) is 10.2 Å². The number of carbonyl (C=O) groups is 2. The van der Waals surface area contributed by atoms with Gasteiger partial charge in [0.1, 0.15) is 0 Å². The molecule has 0 aliphatic carbocycles. The highest BCUT2D eigenvalue weighted by Gasteiger charge is 2.36. The lowest BCUT2D eigenvalue weighted by Gasteiger charge is -2.34. The quantitative estimate of drug-likeness (QED) is 0.582. The fraction of sp³-hybridized carbons (Fsp3) is 0.857. The molecule has 0 aromatic carbocycles.